The van der Waals surface area contributed by atoms with E-state index < -0.39 is 24.6 Å². The minimum atomic E-state index is -4.29. The lowest BCUT2D eigenvalue weighted by molar-refractivity contribution is -0.137. The summed E-state index contributed by atoms with van der Waals surface area (Å²) in [5.74, 6) is -0.607. The molecule has 1 heterocycles. The topological polar surface area (TPSA) is 67.2 Å². The van der Waals surface area contributed by atoms with Crippen molar-refractivity contribution in [1.29, 1.82) is 0 Å². The number of aromatic nitrogens is 2. The number of aliphatic hydroxyl groups is 1. The molecular formula is C15H14Cl2F3N3O2. The number of hydrogen-bond acceptors (Lipinski definition) is 3. The number of benzene rings is 1. The number of alkyl halides is 3. The summed E-state index contributed by atoms with van der Waals surface area (Å²) in [5.41, 5.74) is 0.425. The molecule has 0 fully saturated rings. The number of carbonyl (C=O) groups excluding carboxylic acids is 1. The van der Waals surface area contributed by atoms with Crippen molar-refractivity contribution in [2.24, 2.45) is 0 Å². The van der Waals surface area contributed by atoms with Gasteiger partial charge in [0.25, 0.3) is 5.91 Å². The number of hydrogen-bond donors (Lipinski definition) is 2. The van der Waals surface area contributed by atoms with Crippen LogP contribution < -0.4 is 5.32 Å². The van der Waals surface area contributed by atoms with E-state index in [1.165, 1.54) is 24.4 Å². The Morgan fingerprint density at radius 3 is 2.64 bits per heavy atom. The van der Waals surface area contributed by atoms with Gasteiger partial charge in [-0.3, -0.25) is 9.48 Å². The third-order valence-corrected chi connectivity index (χ3v) is 4.02. The van der Waals surface area contributed by atoms with Gasteiger partial charge < -0.3 is 10.4 Å². The van der Waals surface area contributed by atoms with Crippen LogP contribution >= 0.6 is 23.2 Å². The van der Waals surface area contributed by atoms with E-state index in [4.69, 9.17) is 23.2 Å². The number of nitrogens with zero attached hydrogens (tertiary/aromatic N) is 2. The van der Waals surface area contributed by atoms with E-state index in [1.54, 1.807) is 6.07 Å². The minimum Gasteiger partial charge on any atom is -0.387 e. The van der Waals surface area contributed by atoms with Gasteiger partial charge >= 0.3 is 6.18 Å². The lowest BCUT2D eigenvalue weighted by Crippen LogP contribution is -2.28. The molecule has 1 amide bonds. The van der Waals surface area contributed by atoms with Crippen LogP contribution in [0.2, 0.25) is 10.0 Å². The molecule has 25 heavy (non-hydrogen) atoms. The normalized spacial score (nSPS) is 12.9. The number of aryl methyl sites for hydroxylation is 1. The van der Waals surface area contributed by atoms with Gasteiger partial charge in [-0.2, -0.15) is 18.3 Å². The highest BCUT2D eigenvalue weighted by molar-refractivity contribution is 6.42. The Labute approximate surface area is 151 Å². The molecular weight excluding hydrogens is 382 g/mol. The molecule has 2 N–H and O–H groups in total. The average Bonchev–Trinajstić information content (AvgIpc) is 3.01. The fourth-order valence-corrected chi connectivity index (χ4v) is 2.27. The van der Waals surface area contributed by atoms with Crippen LogP contribution in [0.1, 0.15) is 28.6 Å². The third kappa shape index (κ3) is 5.91. The Morgan fingerprint density at radius 1 is 1.28 bits per heavy atom. The Morgan fingerprint density at radius 2 is 2.00 bits per heavy atom. The molecule has 1 aromatic carbocycles. The quantitative estimate of drug-likeness (QED) is 0.784. The monoisotopic (exact) mass is 395 g/mol. The van der Waals surface area contributed by atoms with Gasteiger partial charge in [0, 0.05) is 19.3 Å². The standard InChI is InChI=1S/C15H14Cl2F3N3O2/c16-10-2-1-9(7-11(10)17)13(24)8-21-14(25)12-3-5-23(22-12)6-4-15(18,19)20/h1-3,5,7,13,24H,4,6,8H2,(H,21,25). The highest BCUT2D eigenvalue weighted by atomic mass is 35.5. The van der Waals surface area contributed by atoms with Gasteiger partial charge in [-0.25, -0.2) is 0 Å². The highest BCUT2D eigenvalue weighted by Crippen LogP contribution is 2.25. The van der Waals surface area contributed by atoms with Crippen LogP contribution in [-0.2, 0) is 6.54 Å². The summed E-state index contributed by atoms with van der Waals surface area (Å²) < 4.78 is 37.5. The first-order chi connectivity index (χ1) is 11.7. The molecule has 0 aliphatic heterocycles. The summed E-state index contributed by atoms with van der Waals surface area (Å²) in [4.78, 5) is 11.9. The van der Waals surface area contributed by atoms with Crippen molar-refractivity contribution in [2.45, 2.75) is 25.2 Å². The zero-order chi connectivity index (χ0) is 18.6. The molecule has 0 radical (unpaired) electrons. The number of nitrogens with one attached hydrogen (secondary N) is 1. The lowest BCUT2D eigenvalue weighted by atomic mass is 10.1. The van der Waals surface area contributed by atoms with Crippen molar-refractivity contribution in [2.75, 3.05) is 6.54 Å². The largest absolute Gasteiger partial charge is 0.390 e. The number of rotatable bonds is 6. The van der Waals surface area contributed by atoms with Crippen LogP contribution in [0, 0.1) is 0 Å². The zero-order valence-corrected chi connectivity index (χ0v) is 14.2. The Kier molecular flexibility index (Phi) is 6.31. The van der Waals surface area contributed by atoms with Crippen LogP contribution in [-0.4, -0.2) is 33.5 Å². The predicted molar refractivity (Wildman–Crippen MR) is 86.7 cm³/mol. The number of aliphatic hydroxyl groups excluding tert-OH is 1. The first kappa shape index (κ1) is 19.6. The fraction of sp³-hybridized carbons (Fsp3) is 0.333. The molecule has 1 atom stereocenters. The van der Waals surface area contributed by atoms with E-state index in [2.05, 4.69) is 10.4 Å². The second kappa shape index (κ2) is 8.07. The molecule has 10 heteroatoms. The molecule has 2 aromatic rings. The summed E-state index contributed by atoms with van der Waals surface area (Å²) in [6.45, 7) is -0.491. The van der Waals surface area contributed by atoms with Crippen molar-refractivity contribution >= 4 is 29.1 Å². The first-order valence-electron chi connectivity index (χ1n) is 7.17. The first-order valence-corrected chi connectivity index (χ1v) is 7.93. The van der Waals surface area contributed by atoms with Crippen molar-refractivity contribution in [1.82, 2.24) is 15.1 Å². The van der Waals surface area contributed by atoms with Crippen LogP contribution in [0.3, 0.4) is 0 Å². The second-order valence-electron chi connectivity index (χ2n) is 5.23. The van der Waals surface area contributed by atoms with E-state index in [-0.39, 0.29) is 23.8 Å². The Bertz CT molecular complexity index is 750. The Balaban J connectivity index is 1.89. The van der Waals surface area contributed by atoms with Crippen LogP contribution in [0.5, 0.6) is 0 Å². The van der Waals surface area contributed by atoms with Crippen LogP contribution in [0.15, 0.2) is 30.5 Å². The fourth-order valence-electron chi connectivity index (χ4n) is 1.97. The average molecular weight is 396 g/mol. The number of amides is 1. The molecule has 0 saturated heterocycles. The smallest absolute Gasteiger partial charge is 0.387 e. The molecule has 5 nitrogen and oxygen atoms in total. The molecule has 0 aliphatic carbocycles. The molecule has 1 unspecified atom stereocenters. The SMILES string of the molecule is O=C(NCC(O)c1ccc(Cl)c(Cl)c1)c1ccn(CCC(F)(F)F)n1. The lowest BCUT2D eigenvalue weighted by Gasteiger charge is -2.12. The maximum Gasteiger partial charge on any atom is 0.390 e. The molecule has 2 rings (SSSR count). The Hall–Kier alpha value is -1.77. The van der Waals surface area contributed by atoms with Crippen molar-refractivity contribution < 1.29 is 23.1 Å². The summed E-state index contributed by atoms with van der Waals surface area (Å²) in [6.07, 6.45) is -5.06. The van der Waals surface area contributed by atoms with Gasteiger partial charge in [0.15, 0.2) is 0 Å². The van der Waals surface area contributed by atoms with E-state index >= 15 is 0 Å². The van der Waals surface area contributed by atoms with Crippen LogP contribution in [0.25, 0.3) is 0 Å². The van der Waals surface area contributed by atoms with Gasteiger partial charge in [0.05, 0.1) is 22.6 Å². The van der Waals surface area contributed by atoms with Gasteiger partial charge in [0.2, 0.25) is 0 Å². The zero-order valence-electron chi connectivity index (χ0n) is 12.7. The number of halogens is 5. The highest BCUT2D eigenvalue weighted by Gasteiger charge is 2.27. The maximum atomic E-state index is 12.2. The maximum absolute atomic E-state index is 12.2. The molecule has 0 aliphatic rings. The van der Waals surface area contributed by atoms with Gasteiger partial charge in [0.1, 0.15) is 5.69 Å². The summed E-state index contributed by atoms with van der Waals surface area (Å²) in [7, 11) is 0. The van der Waals surface area contributed by atoms with Crippen molar-refractivity contribution in [3.8, 4) is 0 Å². The third-order valence-electron chi connectivity index (χ3n) is 3.28. The summed E-state index contributed by atoms with van der Waals surface area (Å²) in [5, 5.41) is 16.9. The minimum absolute atomic E-state index is 0.0384. The molecule has 0 saturated carbocycles. The summed E-state index contributed by atoms with van der Waals surface area (Å²) >= 11 is 11.6. The van der Waals surface area contributed by atoms with E-state index in [0.717, 1.165) is 4.68 Å². The molecule has 0 bridgehead atoms. The molecule has 0 spiro atoms. The summed E-state index contributed by atoms with van der Waals surface area (Å²) in [6, 6.07) is 5.87. The number of carbonyl (C=O) groups is 1. The second-order valence-corrected chi connectivity index (χ2v) is 6.04. The van der Waals surface area contributed by atoms with Gasteiger partial charge in [-0.05, 0) is 23.8 Å². The molecule has 1 aromatic heterocycles. The van der Waals surface area contributed by atoms with Gasteiger partial charge in [-0.1, -0.05) is 29.3 Å². The molecule has 136 valence electrons. The van der Waals surface area contributed by atoms with Crippen molar-refractivity contribution in [3.63, 3.8) is 0 Å². The van der Waals surface area contributed by atoms with Crippen LogP contribution in [0.4, 0.5) is 13.2 Å². The van der Waals surface area contributed by atoms with E-state index in [9.17, 15) is 23.1 Å². The van der Waals surface area contributed by atoms with E-state index in [1.807, 2.05) is 0 Å². The predicted octanol–water partition coefficient (Wildman–Crippen LogP) is 3.61. The van der Waals surface area contributed by atoms with Crippen molar-refractivity contribution in [3.05, 3.63) is 51.8 Å². The van der Waals surface area contributed by atoms with Gasteiger partial charge in [-0.15, -0.1) is 0 Å². The van der Waals surface area contributed by atoms with E-state index in [0.29, 0.717) is 10.6 Å².